The van der Waals surface area contributed by atoms with E-state index in [2.05, 4.69) is 16.1 Å². The van der Waals surface area contributed by atoms with Gasteiger partial charge in [-0.3, -0.25) is 0 Å². The van der Waals surface area contributed by atoms with Crippen LogP contribution in [-0.2, 0) is 4.74 Å². The Kier molecular flexibility index (Phi) is 4.41. The Bertz CT molecular complexity index is 831. The Labute approximate surface area is 140 Å². The minimum absolute atomic E-state index is 0.502. The van der Waals surface area contributed by atoms with Crippen LogP contribution in [0, 0.1) is 0 Å². The smallest absolute Gasteiger partial charge is 0.153 e. The summed E-state index contributed by atoms with van der Waals surface area (Å²) in [6.07, 6.45) is 0. The van der Waals surface area contributed by atoms with E-state index in [9.17, 15) is 0 Å². The first-order valence-electron chi connectivity index (χ1n) is 7.34. The summed E-state index contributed by atoms with van der Waals surface area (Å²) in [6, 6.07) is 13.7. The first-order valence-corrected chi connectivity index (χ1v) is 7.72. The highest BCUT2D eigenvalue weighted by atomic mass is 35.5. The zero-order valence-corrected chi connectivity index (χ0v) is 13.9. The molecule has 23 heavy (non-hydrogen) atoms. The number of ether oxygens (including phenoxy) is 1. The summed E-state index contributed by atoms with van der Waals surface area (Å²) in [7, 11) is 3.72. The molecule has 3 aromatic rings. The molecule has 0 radical (unpaired) electrons. The van der Waals surface area contributed by atoms with Crippen molar-refractivity contribution in [1.29, 1.82) is 0 Å². The molecule has 1 heterocycles. The first-order chi connectivity index (χ1) is 11.1. The first kappa shape index (κ1) is 15.6. The molecular weight excluding hydrogens is 312 g/mol. The van der Waals surface area contributed by atoms with E-state index >= 15 is 0 Å². The molecule has 0 aliphatic carbocycles. The summed E-state index contributed by atoms with van der Waals surface area (Å²) in [5.41, 5.74) is 9.03. The van der Waals surface area contributed by atoms with Gasteiger partial charge >= 0.3 is 0 Å². The fraction of sp³-hybridized carbons (Fsp3) is 0.235. The normalized spacial score (nSPS) is 11.1. The third kappa shape index (κ3) is 3.11. The van der Waals surface area contributed by atoms with E-state index in [4.69, 9.17) is 22.1 Å². The molecule has 0 unspecified atom stereocenters. The van der Waals surface area contributed by atoms with E-state index < -0.39 is 0 Å². The van der Waals surface area contributed by atoms with E-state index in [0.717, 1.165) is 28.8 Å². The lowest BCUT2D eigenvalue weighted by Crippen LogP contribution is -2.21. The largest absolute Gasteiger partial charge is 0.383 e. The van der Waals surface area contributed by atoms with E-state index in [1.807, 2.05) is 48.1 Å². The minimum atomic E-state index is 0.502. The van der Waals surface area contributed by atoms with Gasteiger partial charge in [-0.15, -0.1) is 5.10 Å². The van der Waals surface area contributed by atoms with Gasteiger partial charge in [-0.2, -0.15) is 0 Å². The number of methoxy groups -OCH3 is 1. The second kappa shape index (κ2) is 6.48. The number of nitrogens with two attached hydrogens (primary N) is 1. The quantitative estimate of drug-likeness (QED) is 0.779. The fourth-order valence-corrected chi connectivity index (χ4v) is 2.71. The monoisotopic (exact) mass is 330 g/mol. The predicted molar refractivity (Wildman–Crippen MR) is 95.6 cm³/mol. The Morgan fingerprint density at radius 2 is 2.09 bits per heavy atom. The second-order valence-electron chi connectivity index (χ2n) is 5.39. The van der Waals surface area contributed by atoms with Crippen LogP contribution < -0.4 is 10.6 Å². The second-order valence-corrected chi connectivity index (χ2v) is 5.83. The summed E-state index contributed by atoms with van der Waals surface area (Å²) < 4.78 is 6.94. The highest BCUT2D eigenvalue weighted by Gasteiger charge is 2.12. The molecule has 0 amide bonds. The van der Waals surface area contributed by atoms with Gasteiger partial charge in [-0.05, 0) is 36.4 Å². The molecule has 0 atom stereocenters. The summed E-state index contributed by atoms with van der Waals surface area (Å²) in [5, 5.41) is 6.05. The van der Waals surface area contributed by atoms with Crippen molar-refractivity contribution in [2.24, 2.45) is 0 Å². The average Bonchev–Trinajstić information content (AvgIpc) is 2.89. The number of nitrogens with zero attached hydrogens (tertiary/aromatic N) is 3. The van der Waals surface area contributed by atoms with Crippen LogP contribution in [0.2, 0.25) is 5.02 Å². The molecular formula is C17H19ClN4O. The molecule has 0 aliphatic heterocycles. The lowest BCUT2D eigenvalue weighted by Gasteiger charge is -2.18. The van der Waals surface area contributed by atoms with Gasteiger partial charge in [-0.1, -0.05) is 17.7 Å². The molecule has 0 spiro atoms. The number of likely N-dealkylation sites (N-methyl/N-ethyl adjacent to an activating group) is 1. The lowest BCUT2D eigenvalue weighted by molar-refractivity contribution is 0.206. The van der Waals surface area contributed by atoms with Crippen molar-refractivity contribution < 1.29 is 4.74 Å². The number of aromatic nitrogens is 2. The van der Waals surface area contributed by atoms with Crippen molar-refractivity contribution in [3.05, 3.63) is 47.5 Å². The Hall–Kier alpha value is -2.24. The number of fused-ring (bicyclic) bond motifs is 1. The number of halogens is 1. The van der Waals surface area contributed by atoms with Gasteiger partial charge in [0.2, 0.25) is 0 Å². The molecule has 0 saturated heterocycles. The van der Waals surface area contributed by atoms with Gasteiger partial charge in [0.25, 0.3) is 0 Å². The molecule has 5 nitrogen and oxygen atoms in total. The number of anilines is 2. The highest BCUT2D eigenvalue weighted by Crippen LogP contribution is 2.28. The molecule has 6 heteroatoms. The van der Waals surface area contributed by atoms with Gasteiger partial charge in [0.1, 0.15) is 0 Å². The van der Waals surface area contributed by atoms with Crippen LogP contribution in [0.5, 0.6) is 0 Å². The Morgan fingerprint density at radius 3 is 2.83 bits per heavy atom. The fourth-order valence-electron chi connectivity index (χ4n) is 2.53. The molecule has 0 aliphatic rings. The average molecular weight is 331 g/mol. The lowest BCUT2D eigenvalue weighted by atomic mass is 10.2. The summed E-state index contributed by atoms with van der Waals surface area (Å²) in [6.45, 7) is 1.48. The number of hydrogen-bond donors (Lipinski definition) is 1. The predicted octanol–water partition coefficient (Wildman–Crippen LogP) is 3.34. The number of hydrogen-bond acceptors (Lipinski definition) is 4. The van der Waals surface area contributed by atoms with Crippen molar-refractivity contribution in [3.8, 4) is 5.69 Å². The summed E-state index contributed by atoms with van der Waals surface area (Å²) in [5.74, 6) is 0.502. The number of rotatable bonds is 5. The maximum absolute atomic E-state index is 6.11. The Balaban J connectivity index is 2.03. The maximum Gasteiger partial charge on any atom is 0.153 e. The Morgan fingerprint density at radius 1 is 1.26 bits per heavy atom. The van der Waals surface area contributed by atoms with Gasteiger partial charge in [0.05, 0.1) is 17.8 Å². The standard InChI is InChI=1S/C17H19ClN4O/c1-21(8-9-23-2)13-6-7-16-15(11-13)17(19)20-22(16)14-5-3-4-12(18)10-14/h3-7,10-11H,8-9H2,1-2H3,(H2,19,20). The molecule has 2 aromatic carbocycles. The molecule has 2 N–H and O–H groups in total. The topological polar surface area (TPSA) is 56.3 Å². The third-order valence-electron chi connectivity index (χ3n) is 3.82. The van der Waals surface area contributed by atoms with Crippen LogP contribution in [0.4, 0.5) is 11.5 Å². The van der Waals surface area contributed by atoms with Crippen molar-refractivity contribution in [2.75, 3.05) is 37.9 Å². The van der Waals surface area contributed by atoms with Gasteiger partial charge in [-0.25, -0.2) is 4.68 Å². The highest BCUT2D eigenvalue weighted by molar-refractivity contribution is 6.30. The van der Waals surface area contributed by atoms with E-state index in [1.54, 1.807) is 7.11 Å². The third-order valence-corrected chi connectivity index (χ3v) is 4.05. The van der Waals surface area contributed by atoms with Crippen molar-refractivity contribution in [3.63, 3.8) is 0 Å². The summed E-state index contributed by atoms with van der Waals surface area (Å²) in [4.78, 5) is 2.12. The molecule has 3 rings (SSSR count). The van der Waals surface area contributed by atoms with Crippen LogP contribution in [0.15, 0.2) is 42.5 Å². The van der Waals surface area contributed by atoms with Gasteiger partial charge in [0.15, 0.2) is 5.82 Å². The SMILES string of the molecule is COCCN(C)c1ccc2c(c1)c(N)nn2-c1cccc(Cl)c1. The zero-order chi connectivity index (χ0) is 16.4. The number of nitrogen functional groups attached to an aromatic ring is 1. The van der Waals surface area contributed by atoms with Crippen LogP contribution in [-0.4, -0.2) is 37.1 Å². The molecule has 0 bridgehead atoms. The van der Waals surface area contributed by atoms with Crippen molar-refractivity contribution in [1.82, 2.24) is 9.78 Å². The van der Waals surface area contributed by atoms with E-state index in [1.165, 1.54) is 0 Å². The van der Waals surface area contributed by atoms with Crippen LogP contribution in [0.3, 0.4) is 0 Å². The molecule has 120 valence electrons. The van der Waals surface area contributed by atoms with Gasteiger partial charge < -0.3 is 15.4 Å². The van der Waals surface area contributed by atoms with Crippen LogP contribution >= 0.6 is 11.6 Å². The molecule has 0 saturated carbocycles. The molecule has 1 aromatic heterocycles. The number of benzene rings is 2. The van der Waals surface area contributed by atoms with E-state index in [0.29, 0.717) is 17.4 Å². The van der Waals surface area contributed by atoms with Crippen LogP contribution in [0.25, 0.3) is 16.6 Å². The zero-order valence-electron chi connectivity index (χ0n) is 13.2. The van der Waals surface area contributed by atoms with E-state index in [-0.39, 0.29) is 0 Å². The summed E-state index contributed by atoms with van der Waals surface area (Å²) >= 11 is 6.08. The molecule has 0 fully saturated rings. The van der Waals surface area contributed by atoms with Gasteiger partial charge in [0, 0.05) is 36.8 Å². The van der Waals surface area contributed by atoms with Crippen molar-refractivity contribution >= 4 is 34.0 Å². The van der Waals surface area contributed by atoms with Crippen molar-refractivity contribution in [2.45, 2.75) is 0 Å². The van der Waals surface area contributed by atoms with Crippen LogP contribution in [0.1, 0.15) is 0 Å². The maximum atomic E-state index is 6.11. The minimum Gasteiger partial charge on any atom is -0.383 e.